The molecule has 1 amide bonds. The van der Waals surface area contributed by atoms with Crippen LogP contribution in [0.2, 0.25) is 0 Å². The Hall–Kier alpha value is -2.44. The number of para-hydroxylation sites is 1. The second-order valence-corrected chi connectivity index (χ2v) is 8.12. The summed E-state index contributed by atoms with van der Waals surface area (Å²) >= 11 is 0. The topological polar surface area (TPSA) is 57.7 Å². The Balaban J connectivity index is 1.93. The highest BCUT2D eigenvalue weighted by Gasteiger charge is 2.28. The van der Waals surface area contributed by atoms with Gasteiger partial charge in [-0.15, -0.1) is 6.58 Å². The Morgan fingerprint density at radius 2 is 1.77 bits per heavy atom. The SMILES string of the molecule is C=CCN(C(=O)c1cccc(S(=O)(=O)N2CCCC2)c1)c1ccccc1. The number of rotatable bonds is 6. The zero-order chi connectivity index (χ0) is 18.6. The summed E-state index contributed by atoms with van der Waals surface area (Å²) in [5, 5.41) is 0. The highest BCUT2D eigenvalue weighted by atomic mass is 32.2. The van der Waals surface area contributed by atoms with E-state index in [1.807, 2.05) is 30.3 Å². The first-order valence-corrected chi connectivity index (χ1v) is 10.1. The standard InChI is InChI=1S/C20H22N2O3S/c1-2-13-22(18-10-4-3-5-11-18)20(23)17-9-8-12-19(16-17)26(24,25)21-14-6-7-15-21/h2-5,8-12,16H,1,6-7,13-15H2. The summed E-state index contributed by atoms with van der Waals surface area (Å²) in [5.74, 6) is -0.255. The van der Waals surface area contributed by atoms with Gasteiger partial charge in [0.25, 0.3) is 5.91 Å². The summed E-state index contributed by atoms with van der Waals surface area (Å²) in [6.07, 6.45) is 3.40. The molecule has 0 atom stereocenters. The fourth-order valence-corrected chi connectivity index (χ4v) is 4.63. The van der Waals surface area contributed by atoms with E-state index in [2.05, 4.69) is 6.58 Å². The maximum atomic E-state index is 13.0. The molecule has 0 bridgehead atoms. The van der Waals surface area contributed by atoms with Crippen LogP contribution >= 0.6 is 0 Å². The third-order valence-corrected chi connectivity index (χ3v) is 6.30. The van der Waals surface area contributed by atoms with Crippen LogP contribution in [-0.4, -0.2) is 38.3 Å². The van der Waals surface area contributed by atoms with Crippen LogP contribution in [0, 0.1) is 0 Å². The van der Waals surface area contributed by atoms with Gasteiger partial charge in [0.15, 0.2) is 0 Å². The van der Waals surface area contributed by atoms with Crippen LogP contribution in [-0.2, 0) is 10.0 Å². The van der Waals surface area contributed by atoms with Crippen molar-refractivity contribution in [1.29, 1.82) is 0 Å². The molecule has 0 saturated carbocycles. The average molecular weight is 370 g/mol. The summed E-state index contributed by atoms with van der Waals surface area (Å²) in [6, 6.07) is 15.5. The number of benzene rings is 2. The van der Waals surface area contributed by atoms with E-state index in [-0.39, 0.29) is 10.8 Å². The Morgan fingerprint density at radius 3 is 2.42 bits per heavy atom. The van der Waals surface area contributed by atoms with Crippen molar-refractivity contribution in [2.24, 2.45) is 0 Å². The van der Waals surface area contributed by atoms with Gasteiger partial charge in [0.2, 0.25) is 10.0 Å². The maximum absolute atomic E-state index is 13.0. The van der Waals surface area contributed by atoms with E-state index < -0.39 is 10.0 Å². The molecular formula is C20H22N2O3S. The molecule has 0 radical (unpaired) electrons. The van der Waals surface area contributed by atoms with Crippen molar-refractivity contribution < 1.29 is 13.2 Å². The monoisotopic (exact) mass is 370 g/mol. The van der Waals surface area contributed by atoms with Crippen LogP contribution < -0.4 is 4.90 Å². The predicted octanol–water partition coefficient (Wildman–Crippen LogP) is 3.30. The first kappa shape index (κ1) is 18.4. The number of nitrogens with zero attached hydrogens (tertiary/aromatic N) is 2. The molecule has 0 unspecified atom stereocenters. The van der Waals surface area contributed by atoms with Gasteiger partial charge in [0.05, 0.1) is 4.90 Å². The van der Waals surface area contributed by atoms with Crippen molar-refractivity contribution in [1.82, 2.24) is 4.31 Å². The van der Waals surface area contributed by atoms with Crippen molar-refractivity contribution in [3.63, 3.8) is 0 Å². The van der Waals surface area contributed by atoms with Crippen molar-refractivity contribution in [3.05, 3.63) is 72.8 Å². The predicted molar refractivity (Wildman–Crippen MR) is 103 cm³/mol. The van der Waals surface area contributed by atoms with E-state index in [0.29, 0.717) is 25.2 Å². The third kappa shape index (κ3) is 3.71. The van der Waals surface area contributed by atoms with Crippen LogP contribution in [0.15, 0.2) is 72.1 Å². The highest BCUT2D eigenvalue weighted by Crippen LogP contribution is 2.23. The Labute approximate surface area is 154 Å². The molecule has 1 aliphatic heterocycles. The first-order chi connectivity index (χ1) is 12.5. The van der Waals surface area contributed by atoms with Gasteiger partial charge < -0.3 is 4.90 Å². The van der Waals surface area contributed by atoms with Crippen LogP contribution in [0.25, 0.3) is 0 Å². The fourth-order valence-electron chi connectivity index (χ4n) is 3.07. The second-order valence-electron chi connectivity index (χ2n) is 6.18. The smallest absolute Gasteiger partial charge is 0.258 e. The van der Waals surface area contributed by atoms with E-state index in [1.54, 1.807) is 29.2 Å². The number of carbonyl (C=O) groups is 1. The lowest BCUT2D eigenvalue weighted by Crippen LogP contribution is -2.31. The van der Waals surface area contributed by atoms with E-state index >= 15 is 0 Å². The van der Waals surface area contributed by atoms with E-state index in [9.17, 15) is 13.2 Å². The summed E-state index contributed by atoms with van der Waals surface area (Å²) in [4.78, 5) is 14.7. The number of anilines is 1. The molecule has 0 aromatic heterocycles. The molecule has 3 rings (SSSR count). The van der Waals surface area contributed by atoms with Gasteiger partial charge >= 0.3 is 0 Å². The number of hydrogen-bond acceptors (Lipinski definition) is 3. The summed E-state index contributed by atoms with van der Waals surface area (Å²) in [6.45, 7) is 5.12. The van der Waals surface area contributed by atoms with Gasteiger partial charge in [0, 0.05) is 30.9 Å². The van der Waals surface area contributed by atoms with Crippen LogP contribution in [0.1, 0.15) is 23.2 Å². The molecule has 136 valence electrons. The lowest BCUT2D eigenvalue weighted by atomic mass is 10.1. The molecule has 2 aromatic rings. The summed E-state index contributed by atoms with van der Waals surface area (Å²) < 4.78 is 27.0. The van der Waals surface area contributed by atoms with E-state index in [1.165, 1.54) is 10.4 Å². The van der Waals surface area contributed by atoms with Crippen molar-refractivity contribution in [2.75, 3.05) is 24.5 Å². The number of hydrogen-bond donors (Lipinski definition) is 0. The third-order valence-electron chi connectivity index (χ3n) is 4.41. The quantitative estimate of drug-likeness (QED) is 0.733. The molecule has 2 aromatic carbocycles. The molecule has 1 aliphatic rings. The van der Waals surface area contributed by atoms with Gasteiger partial charge in [-0.3, -0.25) is 4.79 Å². The minimum absolute atomic E-state index is 0.164. The Kier molecular flexibility index (Phi) is 5.54. The molecular weight excluding hydrogens is 348 g/mol. The van der Waals surface area contributed by atoms with Crippen molar-refractivity contribution >= 4 is 21.6 Å². The average Bonchev–Trinajstić information content (AvgIpc) is 3.22. The van der Waals surface area contributed by atoms with Gasteiger partial charge in [-0.1, -0.05) is 30.3 Å². The van der Waals surface area contributed by atoms with E-state index in [4.69, 9.17) is 0 Å². The minimum atomic E-state index is -3.55. The first-order valence-electron chi connectivity index (χ1n) is 8.62. The number of carbonyl (C=O) groups excluding carboxylic acids is 1. The van der Waals surface area contributed by atoms with Crippen molar-refractivity contribution in [3.8, 4) is 0 Å². The van der Waals surface area contributed by atoms with Gasteiger partial charge in [-0.2, -0.15) is 4.31 Å². The number of sulfonamides is 1. The molecule has 1 heterocycles. The molecule has 26 heavy (non-hydrogen) atoms. The molecule has 5 nitrogen and oxygen atoms in total. The van der Waals surface area contributed by atoms with Crippen LogP contribution in [0.4, 0.5) is 5.69 Å². The zero-order valence-corrected chi connectivity index (χ0v) is 15.4. The summed E-state index contributed by atoms with van der Waals surface area (Å²) in [5.41, 5.74) is 1.08. The Bertz CT molecular complexity index is 888. The highest BCUT2D eigenvalue weighted by molar-refractivity contribution is 7.89. The normalized spacial score (nSPS) is 14.9. The molecule has 0 spiro atoms. The molecule has 0 N–H and O–H groups in total. The van der Waals surface area contributed by atoms with Gasteiger partial charge in [0.1, 0.15) is 0 Å². The van der Waals surface area contributed by atoms with Crippen molar-refractivity contribution in [2.45, 2.75) is 17.7 Å². The number of amides is 1. The molecule has 1 fully saturated rings. The fraction of sp³-hybridized carbons (Fsp3) is 0.250. The zero-order valence-electron chi connectivity index (χ0n) is 14.5. The van der Waals surface area contributed by atoms with Gasteiger partial charge in [-0.05, 0) is 43.2 Å². The van der Waals surface area contributed by atoms with Crippen LogP contribution in [0.3, 0.4) is 0 Å². The lowest BCUT2D eigenvalue weighted by molar-refractivity contribution is 0.0989. The lowest BCUT2D eigenvalue weighted by Gasteiger charge is -2.22. The second kappa shape index (κ2) is 7.85. The largest absolute Gasteiger partial charge is 0.305 e. The molecule has 6 heteroatoms. The van der Waals surface area contributed by atoms with Gasteiger partial charge in [-0.25, -0.2) is 8.42 Å². The summed E-state index contributed by atoms with van der Waals surface area (Å²) in [7, 11) is -3.55. The Morgan fingerprint density at radius 1 is 1.08 bits per heavy atom. The maximum Gasteiger partial charge on any atom is 0.258 e. The minimum Gasteiger partial charge on any atom is -0.305 e. The van der Waals surface area contributed by atoms with Crippen LogP contribution in [0.5, 0.6) is 0 Å². The molecule has 0 aliphatic carbocycles. The van der Waals surface area contributed by atoms with E-state index in [0.717, 1.165) is 18.5 Å². The molecule has 1 saturated heterocycles.